The topological polar surface area (TPSA) is 91.0 Å². The smallest absolute Gasteiger partial charge is 0.322 e. The number of rotatable bonds is 5. The summed E-state index contributed by atoms with van der Waals surface area (Å²) in [6, 6.07) is 2.18. The zero-order valence-electron chi connectivity index (χ0n) is 10.6. The Kier molecular flexibility index (Phi) is 4.79. The lowest BCUT2D eigenvalue weighted by molar-refractivity contribution is -0.142. The molecule has 1 atom stereocenters. The first-order valence-electron chi connectivity index (χ1n) is 5.30. The molecule has 6 nitrogen and oxygen atoms in total. The summed E-state index contributed by atoms with van der Waals surface area (Å²) in [7, 11) is 4.20. The molecule has 0 saturated heterocycles. The number of hydrogen-bond acceptors (Lipinski definition) is 6. The quantitative estimate of drug-likeness (QED) is 0.742. The van der Waals surface area contributed by atoms with E-state index in [1.165, 1.54) is 27.4 Å². The minimum Gasteiger partial charge on any atom is -0.507 e. The molecule has 1 rings (SSSR count). The molecule has 1 aromatic carbocycles. The lowest BCUT2D eigenvalue weighted by Crippen LogP contribution is -2.33. The number of carbonyl (C=O) groups excluding carboxylic acids is 1. The summed E-state index contributed by atoms with van der Waals surface area (Å²) in [5.41, 5.74) is 6.09. The van der Waals surface area contributed by atoms with Crippen molar-refractivity contribution in [2.24, 2.45) is 5.73 Å². The van der Waals surface area contributed by atoms with E-state index in [1.54, 1.807) is 6.07 Å². The van der Waals surface area contributed by atoms with Crippen LogP contribution >= 0.6 is 0 Å². The Morgan fingerprint density at radius 1 is 1.33 bits per heavy atom. The van der Waals surface area contributed by atoms with Crippen LogP contribution in [0.4, 0.5) is 0 Å². The van der Waals surface area contributed by atoms with Gasteiger partial charge in [-0.25, -0.2) is 0 Å². The molecule has 0 aliphatic heterocycles. The number of hydrogen-bond donors (Lipinski definition) is 2. The Hall–Kier alpha value is -1.95. The third-order valence-electron chi connectivity index (χ3n) is 2.54. The minimum atomic E-state index is -0.858. The molecule has 1 unspecified atom stereocenters. The van der Waals surface area contributed by atoms with Gasteiger partial charge in [-0.05, 0) is 0 Å². The third-order valence-corrected chi connectivity index (χ3v) is 2.54. The number of ether oxygens (including phenoxy) is 3. The number of aromatic hydroxyl groups is 1. The Morgan fingerprint density at radius 3 is 2.50 bits per heavy atom. The Morgan fingerprint density at radius 2 is 2.00 bits per heavy atom. The van der Waals surface area contributed by atoms with Crippen molar-refractivity contribution >= 4 is 5.97 Å². The second-order valence-corrected chi connectivity index (χ2v) is 3.66. The zero-order valence-corrected chi connectivity index (χ0v) is 10.6. The highest BCUT2D eigenvalue weighted by Crippen LogP contribution is 2.33. The summed E-state index contributed by atoms with van der Waals surface area (Å²) in [4.78, 5) is 11.3. The van der Waals surface area contributed by atoms with E-state index < -0.39 is 12.0 Å². The molecule has 0 aliphatic rings. The molecule has 0 saturated carbocycles. The Bertz CT molecular complexity index is 433. The number of methoxy groups -OCH3 is 3. The number of phenolic OH excluding ortho intramolecular Hbond substituents is 1. The third kappa shape index (κ3) is 3.04. The largest absolute Gasteiger partial charge is 0.507 e. The highest BCUT2D eigenvalue weighted by molar-refractivity contribution is 5.76. The van der Waals surface area contributed by atoms with Crippen LogP contribution in [0.25, 0.3) is 0 Å². The van der Waals surface area contributed by atoms with E-state index in [0.717, 1.165) is 0 Å². The SMILES string of the molecule is COC(=O)C(N)Cc1c(O)cc(OC)cc1OC. The molecule has 100 valence electrons. The molecule has 0 radical (unpaired) electrons. The maximum atomic E-state index is 11.3. The van der Waals surface area contributed by atoms with Gasteiger partial charge in [0.05, 0.1) is 21.3 Å². The normalized spacial score (nSPS) is 11.8. The molecular weight excluding hydrogens is 238 g/mol. The fraction of sp³-hybridized carbons (Fsp3) is 0.417. The van der Waals surface area contributed by atoms with Gasteiger partial charge >= 0.3 is 5.97 Å². The molecular formula is C12H17NO5. The van der Waals surface area contributed by atoms with Crippen molar-refractivity contribution in [2.45, 2.75) is 12.5 Å². The van der Waals surface area contributed by atoms with E-state index in [-0.39, 0.29) is 12.2 Å². The summed E-state index contributed by atoms with van der Waals surface area (Å²) < 4.78 is 14.7. The molecule has 0 bridgehead atoms. The molecule has 3 N–H and O–H groups in total. The maximum absolute atomic E-state index is 11.3. The number of nitrogens with two attached hydrogens (primary N) is 1. The van der Waals surface area contributed by atoms with Gasteiger partial charge in [0.1, 0.15) is 23.3 Å². The van der Waals surface area contributed by atoms with E-state index in [0.29, 0.717) is 17.1 Å². The molecule has 0 fully saturated rings. The Balaban J connectivity index is 3.04. The van der Waals surface area contributed by atoms with Crippen molar-refractivity contribution in [3.8, 4) is 17.2 Å². The zero-order chi connectivity index (χ0) is 13.7. The second-order valence-electron chi connectivity index (χ2n) is 3.66. The van der Waals surface area contributed by atoms with E-state index in [1.807, 2.05) is 0 Å². The van der Waals surface area contributed by atoms with Gasteiger partial charge in [-0.2, -0.15) is 0 Å². The molecule has 0 aliphatic carbocycles. The van der Waals surface area contributed by atoms with Gasteiger partial charge in [0.2, 0.25) is 0 Å². The summed E-state index contributed by atoms with van der Waals surface area (Å²) in [5.74, 6) is 0.281. The standard InChI is InChI=1S/C12H17NO5/c1-16-7-4-10(14)8(11(5-7)17-2)6-9(13)12(15)18-3/h4-5,9,14H,6,13H2,1-3H3. The van der Waals surface area contributed by atoms with Crippen LogP contribution in [0.5, 0.6) is 17.2 Å². The number of benzene rings is 1. The lowest BCUT2D eigenvalue weighted by Gasteiger charge is -2.15. The predicted octanol–water partition coefficient (Wildman–Crippen LogP) is 0.452. The monoisotopic (exact) mass is 255 g/mol. The Labute approximate surface area is 105 Å². The molecule has 0 spiro atoms. The van der Waals surface area contributed by atoms with Crippen LogP contribution in [0.15, 0.2) is 12.1 Å². The van der Waals surface area contributed by atoms with Crippen LogP contribution in [0.3, 0.4) is 0 Å². The van der Waals surface area contributed by atoms with Gasteiger partial charge in [-0.15, -0.1) is 0 Å². The predicted molar refractivity (Wildman–Crippen MR) is 64.9 cm³/mol. The van der Waals surface area contributed by atoms with Crippen molar-refractivity contribution in [3.63, 3.8) is 0 Å². The lowest BCUT2D eigenvalue weighted by atomic mass is 10.0. The van der Waals surface area contributed by atoms with Gasteiger partial charge in [0.15, 0.2) is 0 Å². The average Bonchev–Trinajstić information content (AvgIpc) is 2.39. The van der Waals surface area contributed by atoms with E-state index >= 15 is 0 Å². The average molecular weight is 255 g/mol. The van der Waals surface area contributed by atoms with Crippen LogP contribution in [0.2, 0.25) is 0 Å². The van der Waals surface area contributed by atoms with Crippen molar-refractivity contribution in [1.82, 2.24) is 0 Å². The van der Waals surface area contributed by atoms with Crippen molar-refractivity contribution in [3.05, 3.63) is 17.7 Å². The summed E-state index contributed by atoms with van der Waals surface area (Å²) >= 11 is 0. The molecule has 6 heteroatoms. The molecule has 1 aromatic rings. The van der Waals surface area contributed by atoms with Crippen molar-refractivity contribution in [1.29, 1.82) is 0 Å². The van der Waals surface area contributed by atoms with Crippen LogP contribution in [-0.4, -0.2) is 38.4 Å². The van der Waals surface area contributed by atoms with Gasteiger partial charge in [-0.1, -0.05) is 0 Å². The first-order valence-corrected chi connectivity index (χ1v) is 5.30. The molecule has 0 heterocycles. The molecule has 18 heavy (non-hydrogen) atoms. The summed E-state index contributed by atoms with van der Waals surface area (Å²) in [6.07, 6.45) is 0.117. The van der Waals surface area contributed by atoms with Crippen LogP contribution < -0.4 is 15.2 Å². The summed E-state index contributed by atoms with van der Waals surface area (Å²) in [6.45, 7) is 0. The van der Waals surface area contributed by atoms with Crippen LogP contribution in [-0.2, 0) is 16.0 Å². The van der Waals surface area contributed by atoms with Gasteiger partial charge in [0.25, 0.3) is 0 Å². The number of carbonyl (C=O) groups is 1. The minimum absolute atomic E-state index is 0.0365. The second kappa shape index (κ2) is 6.11. The van der Waals surface area contributed by atoms with Gasteiger partial charge < -0.3 is 25.1 Å². The summed E-state index contributed by atoms with van der Waals surface area (Å²) in [5, 5.41) is 9.87. The maximum Gasteiger partial charge on any atom is 0.322 e. The number of esters is 1. The van der Waals surface area contributed by atoms with E-state index in [4.69, 9.17) is 15.2 Å². The fourth-order valence-electron chi connectivity index (χ4n) is 1.57. The molecule has 0 amide bonds. The van der Waals surface area contributed by atoms with Gasteiger partial charge in [-0.3, -0.25) is 4.79 Å². The highest BCUT2D eigenvalue weighted by Gasteiger charge is 2.20. The highest BCUT2D eigenvalue weighted by atomic mass is 16.5. The molecule has 0 aromatic heterocycles. The van der Waals surface area contributed by atoms with Crippen LogP contribution in [0, 0.1) is 0 Å². The first kappa shape index (κ1) is 14.1. The number of phenols is 1. The first-order chi connectivity index (χ1) is 8.53. The van der Waals surface area contributed by atoms with Crippen molar-refractivity contribution < 1.29 is 24.1 Å². The fourth-order valence-corrected chi connectivity index (χ4v) is 1.57. The van der Waals surface area contributed by atoms with Crippen molar-refractivity contribution in [2.75, 3.05) is 21.3 Å². The van der Waals surface area contributed by atoms with Gasteiger partial charge in [0, 0.05) is 24.1 Å². The van der Waals surface area contributed by atoms with E-state index in [9.17, 15) is 9.90 Å². The van der Waals surface area contributed by atoms with Crippen LogP contribution in [0.1, 0.15) is 5.56 Å². The van der Waals surface area contributed by atoms with E-state index in [2.05, 4.69) is 4.74 Å².